The first-order valence-electron chi connectivity index (χ1n) is 8.64. The average Bonchev–Trinajstić information content (AvgIpc) is 2.65. The molecule has 2 N–H and O–H groups in total. The molecule has 1 atom stereocenters. The van der Waals surface area contributed by atoms with Gasteiger partial charge in [0.15, 0.2) is 6.61 Å². The predicted molar refractivity (Wildman–Crippen MR) is 97.8 cm³/mol. The topological polar surface area (TPSA) is 67.4 Å². The van der Waals surface area contributed by atoms with Crippen molar-refractivity contribution in [3.05, 3.63) is 65.7 Å². The number of benzene rings is 2. The predicted octanol–water partition coefficient (Wildman–Crippen LogP) is 3.45. The van der Waals surface area contributed by atoms with Crippen molar-refractivity contribution in [3.63, 3.8) is 0 Å². The van der Waals surface area contributed by atoms with Gasteiger partial charge in [0.2, 0.25) is 5.91 Å². The summed E-state index contributed by atoms with van der Waals surface area (Å²) >= 11 is 0. The smallest absolute Gasteiger partial charge is 0.422 e. The molecule has 0 aromatic heterocycles. The van der Waals surface area contributed by atoms with Crippen LogP contribution in [0.4, 0.5) is 13.2 Å². The molecular weight excluding hydrogens is 373 g/mol. The van der Waals surface area contributed by atoms with Crippen molar-refractivity contribution in [2.75, 3.05) is 6.61 Å². The van der Waals surface area contributed by atoms with E-state index in [1.54, 1.807) is 43.3 Å². The summed E-state index contributed by atoms with van der Waals surface area (Å²) < 4.78 is 41.0. The Balaban J connectivity index is 1.73. The molecule has 2 amide bonds. The summed E-state index contributed by atoms with van der Waals surface area (Å²) in [7, 11) is 0. The highest BCUT2D eigenvalue weighted by Gasteiger charge is 2.28. The fourth-order valence-electron chi connectivity index (χ4n) is 2.37. The maximum Gasteiger partial charge on any atom is 0.422 e. The van der Waals surface area contributed by atoms with Crippen molar-refractivity contribution in [2.24, 2.45) is 0 Å². The molecular formula is C20H21F3N2O3. The zero-order chi connectivity index (χ0) is 20.6. The highest BCUT2D eigenvalue weighted by Crippen LogP contribution is 2.18. The highest BCUT2D eigenvalue weighted by molar-refractivity contribution is 5.94. The van der Waals surface area contributed by atoms with Gasteiger partial charge in [-0.3, -0.25) is 9.59 Å². The minimum Gasteiger partial charge on any atom is -0.484 e. The molecule has 28 heavy (non-hydrogen) atoms. The monoisotopic (exact) mass is 394 g/mol. The van der Waals surface area contributed by atoms with Crippen molar-refractivity contribution in [1.82, 2.24) is 10.6 Å². The molecule has 0 heterocycles. The molecule has 2 aromatic rings. The fourth-order valence-corrected chi connectivity index (χ4v) is 2.37. The lowest BCUT2D eigenvalue weighted by Gasteiger charge is -2.14. The minimum absolute atomic E-state index is 0.102. The van der Waals surface area contributed by atoms with Crippen LogP contribution in [0.2, 0.25) is 0 Å². The van der Waals surface area contributed by atoms with Crippen molar-refractivity contribution in [2.45, 2.75) is 32.1 Å². The highest BCUT2D eigenvalue weighted by atomic mass is 19.4. The first-order chi connectivity index (χ1) is 13.2. The molecule has 1 unspecified atom stereocenters. The van der Waals surface area contributed by atoms with Crippen molar-refractivity contribution in [1.29, 1.82) is 0 Å². The number of carbonyl (C=O) groups excluding carboxylic acids is 2. The van der Waals surface area contributed by atoms with Gasteiger partial charge in [-0.25, -0.2) is 0 Å². The number of ether oxygens (including phenoxy) is 1. The van der Waals surface area contributed by atoms with E-state index in [0.717, 1.165) is 0 Å². The van der Waals surface area contributed by atoms with Gasteiger partial charge < -0.3 is 15.4 Å². The Morgan fingerprint density at radius 1 is 1.04 bits per heavy atom. The Morgan fingerprint density at radius 2 is 1.68 bits per heavy atom. The van der Waals surface area contributed by atoms with Gasteiger partial charge in [-0.2, -0.15) is 13.2 Å². The van der Waals surface area contributed by atoms with Crippen LogP contribution in [0.1, 0.15) is 29.3 Å². The lowest BCUT2D eigenvalue weighted by Crippen LogP contribution is -2.37. The van der Waals surface area contributed by atoms with Crippen LogP contribution < -0.4 is 15.4 Å². The summed E-state index contributed by atoms with van der Waals surface area (Å²) in [4.78, 5) is 24.1. The molecule has 0 aliphatic carbocycles. The van der Waals surface area contributed by atoms with E-state index in [-0.39, 0.29) is 36.6 Å². The van der Waals surface area contributed by atoms with Gasteiger partial charge in [0, 0.05) is 24.6 Å². The lowest BCUT2D eigenvalue weighted by molar-refractivity contribution is -0.153. The van der Waals surface area contributed by atoms with E-state index in [4.69, 9.17) is 0 Å². The number of carbonyl (C=O) groups is 2. The van der Waals surface area contributed by atoms with Crippen LogP contribution in [-0.2, 0) is 11.3 Å². The van der Waals surface area contributed by atoms with E-state index in [0.29, 0.717) is 11.1 Å². The summed E-state index contributed by atoms with van der Waals surface area (Å²) in [6.07, 6.45) is -4.29. The van der Waals surface area contributed by atoms with Crippen LogP contribution in [0.15, 0.2) is 54.6 Å². The van der Waals surface area contributed by atoms with Crippen molar-refractivity contribution in [3.8, 4) is 5.75 Å². The van der Waals surface area contributed by atoms with Crippen molar-refractivity contribution >= 4 is 11.8 Å². The molecule has 150 valence electrons. The van der Waals surface area contributed by atoms with Gasteiger partial charge >= 0.3 is 6.18 Å². The summed E-state index contributed by atoms with van der Waals surface area (Å²) in [5.41, 5.74) is 1.23. The molecule has 2 aromatic carbocycles. The van der Waals surface area contributed by atoms with E-state index in [1.807, 2.05) is 6.07 Å². The quantitative estimate of drug-likeness (QED) is 0.721. The number of amides is 2. The Bertz CT molecular complexity index is 778. The fraction of sp³-hybridized carbons (Fsp3) is 0.300. The maximum atomic E-state index is 12.1. The van der Waals surface area contributed by atoms with E-state index in [9.17, 15) is 22.8 Å². The van der Waals surface area contributed by atoms with Gasteiger partial charge in [0.1, 0.15) is 5.75 Å². The summed E-state index contributed by atoms with van der Waals surface area (Å²) in [6, 6.07) is 14.3. The second-order valence-electron chi connectivity index (χ2n) is 6.27. The molecule has 0 saturated heterocycles. The summed E-state index contributed by atoms with van der Waals surface area (Å²) in [5.74, 6) is -0.404. The molecule has 0 radical (unpaired) electrons. The number of nitrogens with one attached hydrogen (secondary N) is 2. The van der Waals surface area contributed by atoms with E-state index in [1.165, 1.54) is 12.1 Å². The Labute approximate surface area is 160 Å². The molecule has 0 spiro atoms. The van der Waals surface area contributed by atoms with Crippen LogP contribution in [0.5, 0.6) is 5.75 Å². The van der Waals surface area contributed by atoms with Gasteiger partial charge in [0.25, 0.3) is 5.91 Å². The standard InChI is InChI=1S/C20H21F3N2O3/c1-14(25-19(27)16-5-3-2-4-6-16)11-18(26)24-12-15-7-9-17(10-8-15)28-13-20(21,22)23/h2-10,14H,11-13H2,1H3,(H,24,26)(H,25,27). The van der Waals surface area contributed by atoms with Gasteiger partial charge in [-0.15, -0.1) is 0 Å². The first kappa shape index (κ1) is 21.3. The first-order valence-corrected chi connectivity index (χ1v) is 8.64. The average molecular weight is 394 g/mol. The number of rotatable bonds is 8. The zero-order valence-electron chi connectivity index (χ0n) is 15.3. The Hall–Kier alpha value is -3.03. The zero-order valence-corrected chi connectivity index (χ0v) is 15.3. The molecule has 2 rings (SSSR count). The molecule has 0 aliphatic rings. The number of hydrogen-bond acceptors (Lipinski definition) is 3. The van der Waals surface area contributed by atoms with Gasteiger partial charge in [-0.1, -0.05) is 30.3 Å². The van der Waals surface area contributed by atoms with E-state index in [2.05, 4.69) is 15.4 Å². The molecule has 0 aliphatic heterocycles. The molecule has 0 bridgehead atoms. The third kappa shape index (κ3) is 7.69. The minimum atomic E-state index is -4.39. The second-order valence-corrected chi connectivity index (χ2v) is 6.27. The summed E-state index contributed by atoms with van der Waals surface area (Å²) in [6.45, 7) is 0.598. The SMILES string of the molecule is CC(CC(=O)NCc1ccc(OCC(F)(F)F)cc1)NC(=O)c1ccccc1. The largest absolute Gasteiger partial charge is 0.484 e. The Kier molecular flexibility index (Phi) is 7.43. The number of hydrogen-bond donors (Lipinski definition) is 2. The second kappa shape index (κ2) is 9.77. The van der Waals surface area contributed by atoms with E-state index >= 15 is 0 Å². The van der Waals surface area contributed by atoms with E-state index < -0.39 is 12.8 Å². The van der Waals surface area contributed by atoms with Crippen molar-refractivity contribution < 1.29 is 27.5 Å². The van der Waals surface area contributed by atoms with Gasteiger partial charge in [-0.05, 0) is 36.8 Å². The normalized spacial score (nSPS) is 12.1. The third-order valence-electron chi connectivity index (χ3n) is 3.72. The van der Waals surface area contributed by atoms with Crippen LogP contribution in [0.25, 0.3) is 0 Å². The lowest BCUT2D eigenvalue weighted by atomic mass is 10.1. The van der Waals surface area contributed by atoms with Crippen LogP contribution in [0, 0.1) is 0 Å². The third-order valence-corrected chi connectivity index (χ3v) is 3.72. The van der Waals surface area contributed by atoms with Crippen LogP contribution in [-0.4, -0.2) is 30.6 Å². The molecule has 0 saturated carbocycles. The number of halogens is 3. The molecule has 5 nitrogen and oxygen atoms in total. The molecule has 8 heteroatoms. The Morgan fingerprint density at radius 3 is 2.29 bits per heavy atom. The van der Waals surface area contributed by atoms with Crippen LogP contribution in [0.3, 0.4) is 0 Å². The maximum absolute atomic E-state index is 12.1. The molecule has 0 fully saturated rings. The van der Waals surface area contributed by atoms with Gasteiger partial charge in [0.05, 0.1) is 0 Å². The number of alkyl halides is 3. The van der Waals surface area contributed by atoms with Crippen LogP contribution >= 0.6 is 0 Å². The summed E-state index contributed by atoms with van der Waals surface area (Å²) in [5, 5.41) is 5.46.